The quantitative estimate of drug-likeness (QED) is 0.232. The van der Waals surface area contributed by atoms with Crippen LogP contribution in [0.2, 0.25) is 5.02 Å². The molecule has 0 fully saturated rings. The van der Waals surface area contributed by atoms with Gasteiger partial charge in [-0.15, -0.1) is 0 Å². The van der Waals surface area contributed by atoms with Crippen LogP contribution in [0.4, 0.5) is 5.69 Å². The molecule has 0 radical (unpaired) electrons. The fraction of sp³-hybridized carbons (Fsp3) is 0.133. The summed E-state index contributed by atoms with van der Waals surface area (Å²) in [6.45, 7) is 3.36. The average Bonchev–Trinajstić information content (AvgIpc) is 3.36. The van der Waals surface area contributed by atoms with E-state index in [1.807, 2.05) is 42.5 Å². The Hall–Kier alpha value is -4.29. The normalized spacial score (nSPS) is 12.8. The van der Waals surface area contributed by atoms with Crippen LogP contribution in [0.1, 0.15) is 33.2 Å². The van der Waals surface area contributed by atoms with E-state index >= 15 is 0 Å². The number of phenols is 1. The highest BCUT2D eigenvalue weighted by molar-refractivity contribution is 6.36. The second-order valence-electron chi connectivity index (χ2n) is 9.17. The summed E-state index contributed by atoms with van der Waals surface area (Å²) in [5.74, 6) is -0.805. The maximum atomic E-state index is 13.1. The minimum atomic E-state index is -0.449. The van der Waals surface area contributed by atoms with Crippen LogP contribution in [0.5, 0.6) is 5.75 Å². The van der Waals surface area contributed by atoms with Crippen molar-refractivity contribution in [3.63, 3.8) is 0 Å². The summed E-state index contributed by atoms with van der Waals surface area (Å²) < 4.78 is 2.12. The molecule has 184 valence electrons. The van der Waals surface area contributed by atoms with Gasteiger partial charge in [0.2, 0.25) is 0 Å². The number of hydrogen-bond donors (Lipinski definition) is 3. The van der Waals surface area contributed by atoms with Gasteiger partial charge in [0.05, 0.1) is 16.6 Å². The van der Waals surface area contributed by atoms with Crippen LogP contribution in [0.15, 0.2) is 72.8 Å². The molecule has 7 heteroatoms. The second kappa shape index (κ2) is 8.98. The molecule has 1 aliphatic rings. The van der Waals surface area contributed by atoms with Crippen LogP contribution in [-0.2, 0) is 13.0 Å². The zero-order chi connectivity index (χ0) is 25.7. The lowest BCUT2D eigenvalue weighted by Crippen LogP contribution is -2.20. The highest BCUT2D eigenvalue weighted by Gasteiger charge is 2.34. The van der Waals surface area contributed by atoms with E-state index in [0.717, 1.165) is 28.5 Å². The largest absolute Gasteiger partial charge is 0.508 e. The van der Waals surface area contributed by atoms with Gasteiger partial charge in [-0.25, -0.2) is 0 Å². The Balaban J connectivity index is 1.56. The Morgan fingerprint density at radius 3 is 2.51 bits per heavy atom. The molecule has 5 aromatic rings. The number of aryl methyl sites for hydroxylation is 1. The Kier molecular flexibility index (Phi) is 5.61. The highest BCUT2D eigenvalue weighted by Crippen LogP contribution is 2.42. The summed E-state index contributed by atoms with van der Waals surface area (Å²) in [6.07, 6.45) is 0.961. The predicted octanol–water partition coefficient (Wildman–Crippen LogP) is 6.38. The fourth-order valence-corrected chi connectivity index (χ4v) is 5.52. The van der Waals surface area contributed by atoms with Crippen molar-refractivity contribution in [2.75, 3.05) is 11.9 Å². The molecule has 0 saturated carbocycles. The molecule has 4 aromatic carbocycles. The van der Waals surface area contributed by atoms with Gasteiger partial charge in [-0.05, 0) is 60.0 Å². The first kappa shape index (κ1) is 23.1. The number of aromatic nitrogens is 1. The number of nitrogens with one attached hydrogen (secondary N) is 2. The van der Waals surface area contributed by atoms with Gasteiger partial charge in [0.15, 0.2) is 0 Å². The molecule has 1 aliphatic heterocycles. The van der Waals surface area contributed by atoms with E-state index in [9.17, 15) is 14.7 Å². The molecule has 0 bridgehead atoms. The number of aromatic hydroxyl groups is 1. The van der Waals surface area contributed by atoms with Crippen LogP contribution in [0.25, 0.3) is 32.9 Å². The number of amides is 2. The topological polar surface area (TPSA) is 83.4 Å². The van der Waals surface area contributed by atoms with Gasteiger partial charge in [0.1, 0.15) is 5.75 Å². The summed E-state index contributed by atoms with van der Waals surface area (Å²) in [4.78, 5) is 26.1. The summed E-state index contributed by atoms with van der Waals surface area (Å²) in [7, 11) is 0. The summed E-state index contributed by atoms with van der Waals surface area (Å²) >= 11 is 6.54. The number of benzene rings is 4. The fourth-order valence-electron chi connectivity index (χ4n) is 5.28. The number of phenolic OH excluding ortho intramolecular Hbond substituents is 1. The van der Waals surface area contributed by atoms with Crippen molar-refractivity contribution >= 4 is 50.9 Å². The lowest BCUT2D eigenvalue weighted by Gasteiger charge is -2.13. The third kappa shape index (κ3) is 3.81. The molecule has 0 atom stereocenters. The van der Waals surface area contributed by atoms with E-state index in [4.69, 9.17) is 11.6 Å². The van der Waals surface area contributed by atoms with E-state index in [1.165, 1.54) is 5.56 Å². The van der Waals surface area contributed by atoms with Gasteiger partial charge in [-0.2, -0.15) is 0 Å². The van der Waals surface area contributed by atoms with Crippen molar-refractivity contribution in [2.24, 2.45) is 0 Å². The zero-order valence-corrected chi connectivity index (χ0v) is 20.9. The molecule has 0 spiro atoms. The van der Waals surface area contributed by atoms with Crippen LogP contribution >= 0.6 is 11.6 Å². The summed E-state index contributed by atoms with van der Waals surface area (Å²) in [5, 5.41) is 18.1. The smallest absolute Gasteiger partial charge is 0.259 e. The number of imide groups is 1. The van der Waals surface area contributed by atoms with Crippen molar-refractivity contribution in [1.29, 1.82) is 0 Å². The monoisotopic (exact) mass is 509 g/mol. The second-order valence-corrected chi connectivity index (χ2v) is 9.57. The number of carbonyl (C=O) groups is 2. The summed E-state index contributed by atoms with van der Waals surface area (Å²) in [6, 6.07) is 22.7. The Labute approximate surface area is 218 Å². The number of halogens is 1. The molecule has 1 aromatic heterocycles. The molecule has 0 saturated heterocycles. The molecule has 6 rings (SSSR count). The minimum Gasteiger partial charge on any atom is -0.508 e. The van der Waals surface area contributed by atoms with Gasteiger partial charge in [-0.1, -0.05) is 48.9 Å². The van der Waals surface area contributed by atoms with Gasteiger partial charge in [-0.3, -0.25) is 14.9 Å². The van der Waals surface area contributed by atoms with Gasteiger partial charge >= 0.3 is 0 Å². The molecular formula is C30H24ClN3O3. The van der Waals surface area contributed by atoms with E-state index in [-0.39, 0.29) is 5.75 Å². The molecular weight excluding hydrogens is 486 g/mol. The third-order valence-corrected chi connectivity index (χ3v) is 7.31. The molecule has 37 heavy (non-hydrogen) atoms. The lowest BCUT2D eigenvalue weighted by atomic mass is 9.93. The first-order chi connectivity index (χ1) is 18.0. The van der Waals surface area contributed by atoms with Crippen molar-refractivity contribution in [1.82, 2.24) is 9.88 Å². The van der Waals surface area contributed by atoms with Crippen LogP contribution < -0.4 is 10.6 Å². The van der Waals surface area contributed by atoms with Crippen LogP contribution in [0.3, 0.4) is 0 Å². The average molecular weight is 510 g/mol. The number of carbonyl (C=O) groups excluding carboxylic acids is 2. The first-order valence-electron chi connectivity index (χ1n) is 12.2. The molecule has 2 amide bonds. The van der Waals surface area contributed by atoms with Gasteiger partial charge in [0.25, 0.3) is 11.8 Å². The molecule has 2 heterocycles. The number of hydrogen-bond acceptors (Lipinski definition) is 4. The zero-order valence-electron chi connectivity index (χ0n) is 20.1. The lowest BCUT2D eigenvalue weighted by molar-refractivity contribution is 0.0880. The van der Waals surface area contributed by atoms with Crippen molar-refractivity contribution in [3.05, 3.63) is 94.5 Å². The third-order valence-electron chi connectivity index (χ3n) is 6.98. The SMILES string of the molecule is CCc1cccc(NCCn2c3ccc(O)cc3c3c4c(c(-c5ccccc5Cl)cc32)C(=O)NC4=O)c1. The number of rotatable bonds is 6. The van der Waals surface area contributed by atoms with E-state index < -0.39 is 11.8 Å². The first-order valence-corrected chi connectivity index (χ1v) is 12.6. The maximum absolute atomic E-state index is 13.1. The van der Waals surface area contributed by atoms with Crippen LogP contribution in [-0.4, -0.2) is 28.0 Å². The van der Waals surface area contributed by atoms with Gasteiger partial charge < -0.3 is 15.0 Å². The van der Waals surface area contributed by atoms with Crippen molar-refractivity contribution in [2.45, 2.75) is 19.9 Å². The number of anilines is 1. The van der Waals surface area contributed by atoms with E-state index in [0.29, 0.717) is 45.8 Å². The van der Waals surface area contributed by atoms with Gasteiger partial charge in [0, 0.05) is 45.7 Å². The molecule has 6 nitrogen and oxygen atoms in total. The predicted molar refractivity (Wildman–Crippen MR) is 148 cm³/mol. The molecule has 0 unspecified atom stereocenters. The maximum Gasteiger partial charge on any atom is 0.259 e. The Morgan fingerprint density at radius 2 is 1.70 bits per heavy atom. The minimum absolute atomic E-state index is 0.0923. The molecule has 0 aliphatic carbocycles. The van der Waals surface area contributed by atoms with E-state index in [2.05, 4.69) is 34.3 Å². The summed E-state index contributed by atoms with van der Waals surface area (Å²) in [5.41, 5.74) is 5.87. The Morgan fingerprint density at radius 1 is 0.892 bits per heavy atom. The number of nitrogens with zero attached hydrogens (tertiary/aromatic N) is 1. The van der Waals surface area contributed by atoms with Crippen molar-refractivity contribution in [3.8, 4) is 16.9 Å². The van der Waals surface area contributed by atoms with Crippen molar-refractivity contribution < 1.29 is 14.7 Å². The highest BCUT2D eigenvalue weighted by atomic mass is 35.5. The number of fused-ring (bicyclic) bond motifs is 5. The Bertz CT molecular complexity index is 1740. The van der Waals surface area contributed by atoms with E-state index in [1.54, 1.807) is 18.2 Å². The molecule has 3 N–H and O–H groups in total. The standard InChI is InChI=1S/C30H24ClN3O3/c1-2-17-6-5-7-18(14-17)32-12-13-34-24-11-10-19(35)15-22(24)26-25(34)16-21(20-8-3-4-9-23(20)31)27-28(26)30(37)33-29(27)36/h3-11,14-16,32,35H,2,12-13H2,1H3,(H,33,36,37). The van der Waals surface area contributed by atoms with Crippen LogP contribution in [0, 0.1) is 0 Å².